The van der Waals surface area contributed by atoms with E-state index in [-0.39, 0.29) is 22.6 Å². The van der Waals surface area contributed by atoms with Crippen molar-refractivity contribution in [2.75, 3.05) is 19.0 Å². The van der Waals surface area contributed by atoms with Crippen molar-refractivity contribution in [1.82, 2.24) is 4.57 Å². The Morgan fingerprint density at radius 3 is 2.60 bits per heavy atom. The highest BCUT2D eigenvalue weighted by Gasteiger charge is 2.36. The summed E-state index contributed by atoms with van der Waals surface area (Å²) in [6.45, 7) is 3.82. The maximum atomic E-state index is 14.3. The quantitative estimate of drug-likeness (QED) is 0.383. The number of carbonyl (C=O) groups is 2. The fourth-order valence-electron chi connectivity index (χ4n) is 5.12. The van der Waals surface area contributed by atoms with Crippen LogP contribution in [-0.2, 0) is 14.3 Å². The molecule has 200 valence electrons. The highest BCUT2D eigenvalue weighted by atomic mass is 32.1. The van der Waals surface area contributed by atoms with Gasteiger partial charge in [-0.05, 0) is 43.7 Å². The minimum Gasteiger partial charge on any atom is -0.497 e. The number of thiazole rings is 1. The number of hydrogen-bond donors (Lipinski definition) is 1. The predicted octanol–water partition coefficient (Wildman–Crippen LogP) is 3.57. The van der Waals surface area contributed by atoms with Crippen LogP contribution in [-0.4, -0.2) is 30.2 Å². The fourth-order valence-corrected chi connectivity index (χ4v) is 6.22. The van der Waals surface area contributed by atoms with Gasteiger partial charge in [0.25, 0.3) is 11.5 Å². The van der Waals surface area contributed by atoms with Gasteiger partial charge in [0.05, 0.1) is 36.6 Å². The molecule has 6 rings (SSSR count). The molecule has 0 unspecified atom stereocenters. The second kappa shape index (κ2) is 10.1. The SMILES string of the molecule is CCOC(=O)C1=C(c2ccccc2)N=c2s/c(=C3\C(=O)Nc4ccc(C)cc43)c(=O)n2[C@H]1c1cccc(OC)c1. The number of fused-ring (bicyclic) bond motifs is 2. The van der Waals surface area contributed by atoms with E-state index in [2.05, 4.69) is 5.32 Å². The van der Waals surface area contributed by atoms with Crippen molar-refractivity contribution in [1.29, 1.82) is 0 Å². The summed E-state index contributed by atoms with van der Waals surface area (Å²) in [7, 11) is 1.56. The molecular weight excluding hydrogens is 526 g/mol. The number of esters is 1. The van der Waals surface area contributed by atoms with Crippen LogP contribution in [0.4, 0.5) is 5.69 Å². The zero-order valence-corrected chi connectivity index (χ0v) is 22.9. The van der Waals surface area contributed by atoms with E-state index in [0.29, 0.717) is 44.2 Å². The Hall–Kier alpha value is -4.76. The van der Waals surface area contributed by atoms with E-state index in [0.717, 1.165) is 16.9 Å². The van der Waals surface area contributed by atoms with Gasteiger partial charge in [-0.2, -0.15) is 0 Å². The number of amides is 1. The first-order valence-electron chi connectivity index (χ1n) is 12.8. The summed E-state index contributed by atoms with van der Waals surface area (Å²) in [6, 6.07) is 21.3. The number of benzene rings is 3. The molecule has 1 amide bonds. The van der Waals surface area contributed by atoms with Gasteiger partial charge in [-0.25, -0.2) is 9.79 Å². The summed E-state index contributed by atoms with van der Waals surface area (Å²) >= 11 is 1.13. The van der Waals surface area contributed by atoms with Crippen molar-refractivity contribution < 1.29 is 19.1 Å². The molecule has 0 radical (unpaired) electrons. The second-order valence-electron chi connectivity index (χ2n) is 9.41. The summed E-state index contributed by atoms with van der Waals surface area (Å²) in [5.74, 6) is -0.351. The molecule has 40 heavy (non-hydrogen) atoms. The summed E-state index contributed by atoms with van der Waals surface area (Å²) in [4.78, 5) is 46.3. The average molecular weight is 552 g/mol. The molecule has 8 nitrogen and oxygen atoms in total. The molecule has 1 atom stereocenters. The number of ether oxygens (including phenoxy) is 2. The van der Waals surface area contributed by atoms with Gasteiger partial charge < -0.3 is 14.8 Å². The van der Waals surface area contributed by atoms with Crippen LogP contribution in [0.1, 0.15) is 35.2 Å². The maximum absolute atomic E-state index is 14.3. The average Bonchev–Trinajstić information content (AvgIpc) is 3.46. The van der Waals surface area contributed by atoms with E-state index >= 15 is 0 Å². The van der Waals surface area contributed by atoms with Gasteiger partial charge in [0.2, 0.25) is 0 Å². The van der Waals surface area contributed by atoms with E-state index in [1.165, 1.54) is 4.57 Å². The minimum absolute atomic E-state index is 0.153. The van der Waals surface area contributed by atoms with Crippen molar-refractivity contribution in [3.05, 3.63) is 120 Å². The topological polar surface area (TPSA) is 99.0 Å². The first kappa shape index (κ1) is 25.5. The first-order chi connectivity index (χ1) is 19.4. The van der Waals surface area contributed by atoms with Crippen molar-refractivity contribution in [3.63, 3.8) is 0 Å². The first-order valence-corrected chi connectivity index (χ1v) is 13.6. The maximum Gasteiger partial charge on any atom is 0.338 e. The normalized spacial score (nSPS) is 17.1. The van der Waals surface area contributed by atoms with E-state index in [4.69, 9.17) is 14.5 Å². The Bertz CT molecular complexity index is 1900. The lowest BCUT2D eigenvalue weighted by molar-refractivity contribution is -0.138. The highest BCUT2D eigenvalue weighted by Crippen LogP contribution is 2.36. The molecule has 2 aliphatic rings. The fraction of sp³-hybridized carbons (Fsp3) is 0.161. The molecule has 1 aromatic heterocycles. The number of nitrogens with zero attached hydrogens (tertiary/aromatic N) is 2. The Morgan fingerprint density at radius 2 is 1.85 bits per heavy atom. The van der Waals surface area contributed by atoms with Crippen molar-refractivity contribution in [2.24, 2.45) is 4.99 Å². The molecule has 1 N–H and O–H groups in total. The van der Waals surface area contributed by atoms with E-state index in [9.17, 15) is 14.4 Å². The standard InChI is InChI=1S/C31H25N3O5S/c1-4-39-30(37)24-25(18-9-6-5-7-10-18)33-31-34(26(24)19-11-8-12-20(16-19)38-3)29(36)27(40-31)23-21-15-17(2)13-14-22(21)32-28(23)35/h5-16,26H,4H2,1-3H3,(H,32,35)/b27-23-/t26-/m0/s1. The molecule has 0 saturated heterocycles. The van der Waals surface area contributed by atoms with Crippen LogP contribution in [0.15, 0.2) is 88.2 Å². The summed E-state index contributed by atoms with van der Waals surface area (Å²) < 4.78 is 12.7. The van der Waals surface area contributed by atoms with Crippen molar-refractivity contribution in [2.45, 2.75) is 19.9 Å². The van der Waals surface area contributed by atoms with E-state index in [1.54, 1.807) is 32.2 Å². The van der Waals surface area contributed by atoms with Gasteiger partial charge in [0.15, 0.2) is 4.80 Å². The second-order valence-corrected chi connectivity index (χ2v) is 10.4. The summed E-state index contributed by atoms with van der Waals surface area (Å²) in [5, 5.41) is 2.87. The van der Waals surface area contributed by atoms with Crippen molar-refractivity contribution in [3.8, 4) is 5.75 Å². The van der Waals surface area contributed by atoms with Crippen LogP contribution in [0, 0.1) is 6.92 Å². The van der Waals surface area contributed by atoms with Gasteiger partial charge in [-0.15, -0.1) is 0 Å². The predicted molar refractivity (Wildman–Crippen MR) is 153 cm³/mol. The molecule has 0 bridgehead atoms. The number of nitrogens with one attached hydrogen (secondary N) is 1. The van der Waals surface area contributed by atoms with Crippen molar-refractivity contribution >= 4 is 40.2 Å². The van der Waals surface area contributed by atoms with Gasteiger partial charge in [0, 0.05) is 16.8 Å². The molecule has 2 aliphatic heterocycles. The van der Waals surface area contributed by atoms with E-state index < -0.39 is 17.6 Å². The molecule has 4 aromatic rings. The molecule has 0 saturated carbocycles. The highest BCUT2D eigenvalue weighted by molar-refractivity contribution is 7.07. The Morgan fingerprint density at radius 1 is 1.05 bits per heavy atom. The Kier molecular flexibility index (Phi) is 6.43. The lowest BCUT2D eigenvalue weighted by Gasteiger charge is -2.26. The van der Waals surface area contributed by atoms with Crippen LogP contribution in [0.5, 0.6) is 5.75 Å². The molecule has 9 heteroatoms. The van der Waals surface area contributed by atoms with Gasteiger partial charge in [-0.3, -0.25) is 14.2 Å². The largest absolute Gasteiger partial charge is 0.497 e. The third-order valence-electron chi connectivity index (χ3n) is 6.91. The van der Waals surface area contributed by atoms with Gasteiger partial charge in [-0.1, -0.05) is 65.4 Å². The number of aromatic nitrogens is 1. The van der Waals surface area contributed by atoms with E-state index in [1.807, 2.05) is 61.5 Å². The molecule has 3 heterocycles. The number of methoxy groups -OCH3 is 1. The molecule has 0 fully saturated rings. The van der Waals surface area contributed by atoms with Crippen LogP contribution >= 0.6 is 11.3 Å². The lowest BCUT2D eigenvalue weighted by atomic mass is 9.93. The lowest BCUT2D eigenvalue weighted by Crippen LogP contribution is -2.40. The Labute approximate surface area is 233 Å². The molecular formula is C31H25N3O5S. The number of carbonyl (C=O) groups excluding carboxylic acids is 2. The summed E-state index contributed by atoms with van der Waals surface area (Å²) in [5.41, 5.74) is 4.17. The van der Waals surface area contributed by atoms with Crippen LogP contribution in [0.3, 0.4) is 0 Å². The van der Waals surface area contributed by atoms with Gasteiger partial charge >= 0.3 is 5.97 Å². The summed E-state index contributed by atoms with van der Waals surface area (Å²) in [6.07, 6.45) is 0. The zero-order chi connectivity index (χ0) is 28.0. The molecule has 3 aromatic carbocycles. The van der Waals surface area contributed by atoms with Crippen LogP contribution in [0.2, 0.25) is 0 Å². The number of hydrogen-bond acceptors (Lipinski definition) is 7. The number of rotatable bonds is 5. The number of aryl methyl sites for hydroxylation is 1. The smallest absolute Gasteiger partial charge is 0.338 e. The molecule has 0 spiro atoms. The number of anilines is 1. The third kappa shape index (κ3) is 4.15. The zero-order valence-electron chi connectivity index (χ0n) is 22.1. The Balaban J connectivity index is 1.72. The van der Waals surface area contributed by atoms with Crippen LogP contribution in [0.25, 0.3) is 11.3 Å². The van der Waals surface area contributed by atoms with Gasteiger partial charge in [0.1, 0.15) is 10.3 Å². The monoisotopic (exact) mass is 551 g/mol. The third-order valence-corrected chi connectivity index (χ3v) is 7.96. The minimum atomic E-state index is -0.864. The van der Waals surface area contributed by atoms with Crippen LogP contribution < -0.4 is 24.9 Å². The molecule has 0 aliphatic carbocycles.